The van der Waals surface area contributed by atoms with Gasteiger partial charge >= 0.3 is 5.97 Å². The molecular formula is C16H22O3. The highest BCUT2D eigenvalue weighted by molar-refractivity contribution is 5.89. The fourth-order valence-corrected chi connectivity index (χ4v) is 2.47. The van der Waals surface area contributed by atoms with Gasteiger partial charge in [-0.15, -0.1) is 0 Å². The molecule has 0 bridgehead atoms. The Hall–Kier alpha value is -1.35. The number of hydrogen-bond acceptors (Lipinski definition) is 3. The van der Waals surface area contributed by atoms with Crippen LogP contribution in [0.5, 0.6) is 0 Å². The second kappa shape index (κ2) is 6.71. The van der Waals surface area contributed by atoms with Crippen LogP contribution in [0.3, 0.4) is 0 Å². The van der Waals surface area contributed by atoms with Gasteiger partial charge < -0.3 is 9.47 Å². The van der Waals surface area contributed by atoms with Crippen molar-refractivity contribution in [3.05, 3.63) is 35.4 Å². The van der Waals surface area contributed by atoms with E-state index in [-0.39, 0.29) is 12.1 Å². The first-order valence-corrected chi connectivity index (χ1v) is 6.98. The molecular weight excluding hydrogens is 240 g/mol. The lowest BCUT2D eigenvalue weighted by Gasteiger charge is -2.26. The van der Waals surface area contributed by atoms with Gasteiger partial charge in [0.2, 0.25) is 0 Å². The average molecular weight is 262 g/mol. The SMILES string of the molecule is COCc1ccc(C(=O)OC2CCC(C)CC2)cc1. The van der Waals surface area contributed by atoms with E-state index in [0.29, 0.717) is 12.2 Å². The van der Waals surface area contributed by atoms with Gasteiger partial charge in [-0.2, -0.15) is 0 Å². The van der Waals surface area contributed by atoms with Crippen molar-refractivity contribution >= 4 is 5.97 Å². The largest absolute Gasteiger partial charge is 0.459 e. The van der Waals surface area contributed by atoms with Crippen molar-refractivity contribution in [3.8, 4) is 0 Å². The monoisotopic (exact) mass is 262 g/mol. The van der Waals surface area contributed by atoms with Gasteiger partial charge in [0.25, 0.3) is 0 Å². The molecule has 0 heterocycles. The molecule has 3 nitrogen and oxygen atoms in total. The lowest BCUT2D eigenvalue weighted by Crippen LogP contribution is -2.23. The second-order valence-corrected chi connectivity index (χ2v) is 5.42. The fourth-order valence-electron chi connectivity index (χ4n) is 2.47. The molecule has 0 atom stereocenters. The van der Waals surface area contributed by atoms with Crippen molar-refractivity contribution < 1.29 is 14.3 Å². The zero-order valence-electron chi connectivity index (χ0n) is 11.7. The van der Waals surface area contributed by atoms with Crippen molar-refractivity contribution in [2.24, 2.45) is 5.92 Å². The third kappa shape index (κ3) is 4.06. The summed E-state index contributed by atoms with van der Waals surface area (Å²) in [7, 11) is 1.66. The molecule has 0 saturated heterocycles. The molecule has 0 aromatic heterocycles. The Labute approximate surface area is 114 Å². The maximum absolute atomic E-state index is 12.0. The van der Waals surface area contributed by atoms with Crippen LogP contribution in [0.2, 0.25) is 0 Å². The summed E-state index contributed by atoms with van der Waals surface area (Å²) in [6, 6.07) is 7.43. The number of ether oxygens (including phenoxy) is 2. The molecule has 3 heteroatoms. The summed E-state index contributed by atoms with van der Waals surface area (Å²) < 4.78 is 10.6. The van der Waals surface area contributed by atoms with E-state index in [4.69, 9.17) is 9.47 Å². The third-order valence-corrected chi connectivity index (χ3v) is 3.74. The first-order chi connectivity index (χ1) is 9.19. The molecule has 104 valence electrons. The predicted molar refractivity (Wildman–Crippen MR) is 74.0 cm³/mol. The lowest BCUT2D eigenvalue weighted by atomic mass is 9.89. The van der Waals surface area contributed by atoms with Crippen LogP contribution >= 0.6 is 0 Å². The summed E-state index contributed by atoms with van der Waals surface area (Å²) >= 11 is 0. The minimum atomic E-state index is -0.205. The molecule has 1 aliphatic rings. The van der Waals surface area contributed by atoms with Gasteiger partial charge in [0.1, 0.15) is 6.10 Å². The number of carbonyl (C=O) groups is 1. The maximum Gasteiger partial charge on any atom is 0.338 e. The molecule has 0 spiro atoms. The Balaban J connectivity index is 1.88. The summed E-state index contributed by atoms with van der Waals surface area (Å²) in [6.07, 6.45) is 4.40. The van der Waals surface area contributed by atoms with Crippen LogP contribution in [0, 0.1) is 5.92 Å². The van der Waals surface area contributed by atoms with Gasteiger partial charge in [-0.05, 0) is 49.3 Å². The highest BCUT2D eigenvalue weighted by Gasteiger charge is 2.21. The van der Waals surface area contributed by atoms with Gasteiger partial charge in [-0.3, -0.25) is 0 Å². The third-order valence-electron chi connectivity index (χ3n) is 3.74. The average Bonchev–Trinajstić information content (AvgIpc) is 2.42. The number of esters is 1. The van der Waals surface area contributed by atoms with Crippen molar-refractivity contribution in [1.29, 1.82) is 0 Å². The molecule has 0 aliphatic heterocycles. The van der Waals surface area contributed by atoms with E-state index in [2.05, 4.69) is 6.92 Å². The number of carbonyl (C=O) groups excluding carboxylic acids is 1. The van der Waals surface area contributed by atoms with Gasteiger partial charge in [0.05, 0.1) is 12.2 Å². The van der Waals surface area contributed by atoms with Crippen molar-refractivity contribution in [2.45, 2.75) is 45.3 Å². The zero-order chi connectivity index (χ0) is 13.7. The molecule has 1 fully saturated rings. The number of hydrogen-bond donors (Lipinski definition) is 0. The Kier molecular flexibility index (Phi) is 4.97. The molecule has 1 aromatic rings. The van der Waals surface area contributed by atoms with E-state index < -0.39 is 0 Å². The standard InChI is InChI=1S/C16H22O3/c1-12-3-9-15(10-4-12)19-16(17)14-7-5-13(6-8-14)11-18-2/h5-8,12,15H,3-4,9-11H2,1-2H3. The van der Waals surface area contributed by atoms with Gasteiger partial charge in [-0.1, -0.05) is 19.1 Å². The maximum atomic E-state index is 12.0. The van der Waals surface area contributed by atoms with E-state index in [1.807, 2.05) is 24.3 Å². The number of methoxy groups -OCH3 is 1. The van der Waals surface area contributed by atoms with E-state index in [9.17, 15) is 4.79 Å². The highest BCUT2D eigenvalue weighted by Crippen LogP contribution is 2.26. The number of benzene rings is 1. The van der Waals surface area contributed by atoms with E-state index in [1.165, 1.54) is 0 Å². The molecule has 1 saturated carbocycles. The van der Waals surface area contributed by atoms with Crippen LogP contribution < -0.4 is 0 Å². The zero-order valence-corrected chi connectivity index (χ0v) is 11.7. The number of rotatable bonds is 4. The quantitative estimate of drug-likeness (QED) is 0.778. The molecule has 0 unspecified atom stereocenters. The molecule has 19 heavy (non-hydrogen) atoms. The first kappa shape index (κ1) is 14.1. The fraction of sp³-hybridized carbons (Fsp3) is 0.562. The highest BCUT2D eigenvalue weighted by atomic mass is 16.5. The van der Waals surface area contributed by atoms with Crippen LogP contribution in [0.1, 0.15) is 48.5 Å². The van der Waals surface area contributed by atoms with Gasteiger partial charge in [0, 0.05) is 7.11 Å². The summed E-state index contributed by atoms with van der Waals surface area (Å²) in [6.45, 7) is 2.82. The topological polar surface area (TPSA) is 35.5 Å². The summed E-state index contributed by atoms with van der Waals surface area (Å²) in [5, 5.41) is 0. The smallest absolute Gasteiger partial charge is 0.338 e. The normalized spacial score (nSPS) is 23.1. The minimum Gasteiger partial charge on any atom is -0.459 e. The van der Waals surface area contributed by atoms with Gasteiger partial charge in [0.15, 0.2) is 0 Å². The van der Waals surface area contributed by atoms with Crippen LogP contribution in [0.4, 0.5) is 0 Å². The first-order valence-electron chi connectivity index (χ1n) is 6.98. The molecule has 0 amide bonds. The Morgan fingerprint density at radius 3 is 2.37 bits per heavy atom. The van der Waals surface area contributed by atoms with Crippen molar-refractivity contribution in [1.82, 2.24) is 0 Å². The van der Waals surface area contributed by atoms with E-state index >= 15 is 0 Å². The van der Waals surface area contributed by atoms with Crippen LogP contribution in [0.25, 0.3) is 0 Å². The van der Waals surface area contributed by atoms with E-state index in [1.54, 1.807) is 7.11 Å². The second-order valence-electron chi connectivity index (χ2n) is 5.42. The minimum absolute atomic E-state index is 0.0994. The van der Waals surface area contributed by atoms with Gasteiger partial charge in [-0.25, -0.2) is 4.79 Å². The Morgan fingerprint density at radius 1 is 1.16 bits per heavy atom. The van der Waals surface area contributed by atoms with Crippen molar-refractivity contribution in [2.75, 3.05) is 7.11 Å². The van der Waals surface area contributed by atoms with Crippen molar-refractivity contribution in [3.63, 3.8) is 0 Å². The summed E-state index contributed by atoms with van der Waals surface area (Å²) in [5.74, 6) is 0.562. The Morgan fingerprint density at radius 2 is 1.79 bits per heavy atom. The lowest BCUT2D eigenvalue weighted by molar-refractivity contribution is 0.0174. The van der Waals surface area contributed by atoms with E-state index in [0.717, 1.165) is 37.2 Å². The molecule has 1 aromatic carbocycles. The molecule has 1 aliphatic carbocycles. The predicted octanol–water partition coefficient (Wildman–Crippen LogP) is 3.57. The van der Waals surface area contributed by atoms with Crippen LogP contribution in [-0.4, -0.2) is 19.2 Å². The molecule has 0 N–H and O–H groups in total. The summed E-state index contributed by atoms with van der Waals surface area (Å²) in [5.41, 5.74) is 1.68. The molecule has 0 radical (unpaired) electrons. The van der Waals surface area contributed by atoms with Crippen LogP contribution in [-0.2, 0) is 16.1 Å². The summed E-state index contributed by atoms with van der Waals surface area (Å²) in [4.78, 5) is 12.0. The molecule has 2 rings (SSSR count). The van der Waals surface area contributed by atoms with Crippen LogP contribution in [0.15, 0.2) is 24.3 Å². The Bertz CT molecular complexity index is 403.